The van der Waals surface area contributed by atoms with E-state index in [1.807, 2.05) is 7.05 Å². The summed E-state index contributed by atoms with van der Waals surface area (Å²) in [4.78, 5) is 20.0. The van der Waals surface area contributed by atoms with E-state index < -0.39 is 0 Å². The normalized spacial score (nSPS) is 16.7. The van der Waals surface area contributed by atoms with Crippen LogP contribution in [-0.2, 0) is 6.54 Å². The predicted molar refractivity (Wildman–Crippen MR) is 97.1 cm³/mol. The molecule has 2 rings (SSSR count). The van der Waals surface area contributed by atoms with E-state index in [1.54, 1.807) is 16.2 Å². The van der Waals surface area contributed by atoms with Crippen LogP contribution in [0.1, 0.15) is 23.3 Å². The highest BCUT2D eigenvalue weighted by Gasteiger charge is 2.20. The Kier molecular flexibility index (Phi) is 6.87. The van der Waals surface area contributed by atoms with Crippen LogP contribution in [0.5, 0.6) is 0 Å². The average Bonchev–Trinajstić information content (AvgIpc) is 2.95. The quantitative estimate of drug-likeness (QED) is 0.864. The maximum absolute atomic E-state index is 12.2. The molecule has 0 unspecified atom stereocenters. The van der Waals surface area contributed by atoms with Crippen molar-refractivity contribution in [2.45, 2.75) is 32.4 Å². The molecule has 1 saturated heterocycles. The number of rotatable bonds is 6. The van der Waals surface area contributed by atoms with Crippen molar-refractivity contribution >= 4 is 17.4 Å². The van der Waals surface area contributed by atoms with E-state index in [1.165, 1.54) is 36.4 Å². The van der Waals surface area contributed by atoms with Gasteiger partial charge in [-0.1, -0.05) is 0 Å². The van der Waals surface area contributed by atoms with Crippen LogP contribution < -0.4 is 5.32 Å². The fourth-order valence-electron chi connectivity index (χ4n) is 2.90. The third-order valence-corrected chi connectivity index (χ3v) is 5.84. The monoisotopic (exact) mass is 338 g/mol. The number of hydrogen-bond acceptors (Lipinski definition) is 4. The fraction of sp³-hybridized carbons (Fsp3) is 0.706. The van der Waals surface area contributed by atoms with Gasteiger partial charge in [0, 0.05) is 31.1 Å². The number of likely N-dealkylation sites (tertiary alicyclic amines) is 1. The van der Waals surface area contributed by atoms with Crippen molar-refractivity contribution < 1.29 is 4.79 Å². The van der Waals surface area contributed by atoms with Gasteiger partial charge in [-0.15, -0.1) is 11.3 Å². The van der Waals surface area contributed by atoms with Gasteiger partial charge in [-0.25, -0.2) is 4.79 Å². The van der Waals surface area contributed by atoms with Crippen molar-refractivity contribution in [3.05, 3.63) is 21.9 Å². The van der Waals surface area contributed by atoms with Gasteiger partial charge in [-0.2, -0.15) is 0 Å². The lowest BCUT2D eigenvalue weighted by molar-refractivity contribution is 0.135. The molecular weight excluding hydrogens is 308 g/mol. The Hall–Kier alpha value is -1.11. The summed E-state index contributed by atoms with van der Waals surface area (Å²) in [6, 6.07) is 2.75. The molecule has 0 saturated carbocycles. The second kappa shape index (κ2) is 8.66. The largest absolute Gasteiger partial charge is 0.333 e. The summed E-state index contributed by atoms with van der Waals surface area (Å²) in [6.45, 7) is 6.74. The molecular formula is C17H30N4OS. The lowest BCUT2D eigenvalue weighted by Crippen LogP contribution is -2.46. The zero-order valence-electron chi connectivity index (χ0n) is 14.8. The van der Waals surface area contributed by atoms with E-state index in [0.29, 0.717) is 12.6 Å². The lowest BCUT2D eigenvalue weighted by atomic mass is 10.0. The summed E-state index contributed by atoms with van der Waals surface area (Å²) >= 11 is 1.69. The van der Waals surface area contributed by atoms with Gasteiger partial charge >= 0.3 is 6.03 Å². The number of nitrogens with one attached hydrogen (secondary N) is 1. The number of carbonyl (C=O) groups excluding carboxylic acids is 1. The zero-order chi connectivity index (χ0) is 16.8. The molecule has 130 valence electrons. The number of nitrogens with zero attached hydrogens (tertiary/aromatic N) is 3. The van der Waals surface area contributed by atoms with Crippen molar-refractivity contribution in [1.29, 1.82) is 0 Å². The number of piperidine rings is 1. The third-order valence-electron chi connectivity index (χ3n) is 4.81. The number of aryl methyl sites for hydroxylation is 1. The molecule has 6 heteroatoms. The van der Waals surface area contributed by atoms with Crippen LogP contribution in [0.2, 0.25) is 0 Å². The number of hydrogen-bond donors (Lipinski definition) is 1. The molecule has 0 bridgehead atoms. The first kappa shape index (κ1) is 18.2. The minimum Gasteiger partial charge on any atom is -0.333 e. The van der Waals surface area contributed by atoms with Gasteiger partial charge in [0.15, 0.2) is 0 Å². The van der Waals surface area contributed by atoms with Gasteiger partial charge in [0.25, 0.3) is 0 Å². The Balaban J connectivity index is 1.68. The van der Waals surface area contributed by atoms with Crippen molar-refractivity contribution in [1.82, 2.24) is 20.0 Å². The minimum absolute atomic E-state index is 0.00887. The van der Waals surface area contributed by atoms with E-state index in [0.717, 1.165) is 13.1 Å². The minimum atomic E-state index is 0.00887. The lowest BCUT2D eigenvalue weighted by Gasteiger charge is -2.35. The Morgan fingerprint density at radius 2 is 2.04 bits per heavy atom. The van der Waals surface area contributed by atoms with E-state index in [2.05, 4.69) is 47.6 Å². The highest BCUT2D eigenvalue weighted by molar-refractivity contribution is 7.10. The molecule has 0 atom stereocenters. The molecule has 2 heterocycles. The first-order chi connectivity index (χ1) is 11.0. The Labute approximate surface area is 144 Å². The Morgan fingerprint density at radius 1 is 1.35 bits per heavy atom. The molecule has 1 fully saturated rings. The standard InChI is InChI=1S/C17H30N4OS/c1-14-7-12-23-16(14)13-18-17(22)21(4)11-10-20(3)15-5-8-19(2)9-6-15/h7,12,15H,5-6,8-11,13H2,1-4H3,(H,18,22). The molecule has 5 nitrogen and oxygen atoms in total. The van der Waals surface area contributed by atoms with Crippen molar-refractivity contribution in [2.24, 2.45) is 0 Å². The number of likely N-dealkylation sites (N-methyl/N-ethyl adjacent to an activating group) is 2. The van der Waals surface area contributed by atoms with Gasteiger partial charge in [0.1, 0.15) is 0 Å². The highest BCUT2D eigenvalue weighted by atomic mass is 32.1. The highest BCUT2D eigenvalue weighted by Crippen LogP contribution is 2.15. The van der Waals surface area contributed by atoms with Crippen LogP contribution in [0.25, 0.3) is 0 Å². The summed E-state index contributed by atoms with van der Waals surface area (Å²) < 4.78 is 0. The second-order valence-electron chi connectivity index (χ2n) is 6.62. The molecule has 0 radical (unpaired) electrons. The SMILES string of the molecule is Cc1ccsc1CNC(=O)N(C)CCN(C)C1CCN(C)CC1. The van der Waals surface area contributed by atoms with Crippen LogP contribution in [0.15, 0.2) is 11.4 Å². The molecule has 1 aromatic rings. The summed E-state index contributed by atoms with van der Waals surface area (Å²) in [7, 11) is 6.24. The number of amides is 2. The molecule has 2 amide bonds. The van der Waals surface area contributed by atoms with Crippen LogP contribution >= 0.6 is 11.3 Å². The van der Waals surface area contributed by atoms with Crippen molar-refractivity contribution in [3.8, 4) is 0 Å². The topological polar surface area (TPSA) is 38.8 Å². The van der Waals surface area contributed by atoms with E-state index in [-0.39, 0.29) is 6.03 Å². The third kappa shape index (κ3) is 5.48. The van der Waals surface area contributed by atoms with Crippen LogP contribution in [0.4, 0.5) is 4.79 Å². The number of thiophene rings is 1. The molecule has 0 aliphatic carbocycles. The summed E-state index contributed by atoms with van der Waals surface area (Å²) in [5, 5.41) is 5.07. The van der Waals surface area contributed by atoms with E-state index in [9.17, 15) is 4.79 Å². The van der Waals surface area contributed by atoms with Crippen LogP contribution in [0.3, 0.4) is 0 Å². The molecule has 0 aromatic carbocycles. The molecule has 1 aliphatic rings. The molecule has 0 spiro atoms. The molecule has 1 aliphatic heterocycles. The molecule has 23 heavy (non-hydrogen) atoms. The Bertz CT molecular complexity index is 497. The zero-order valence-corrected chi connectivity index (χ0v) is 15.7. The summed E-state index contributed by atoms with van der Waals surface area (Å²) in [5.74, 6) is 0. The smallest absolute Gasteiger partial charge is 0.317 e. The van der Waals surface area contributed by atoms with Crippen molar-refractivity contribution in [2.75, 3.05) is 47.3 Å². The van der Waals surface area contributed by atoms with Crippen LogP contribution in [-0.4, -0.2) is 74.1 Å². The molecule has 1 N–H and O–H groups in total. The van der Waals surface area contributed by atoms with Gasteiger partial charge in [-0.05, 0) is 64.0 Å². The fourth-order valence-corrected chi connectivity index (χ4v) is 3.75. The predicted octanol–water partition coefficient (Wildman–Crippen LogP) is 2.22. The van der Waals surface area contributed by atoms with Gasteiger partial charge in [0.2, 0.25) is 0 Å². The maximum Gasteiger partial charge on any atom is 0.317 e. The molecule has 1 aromatic heterocycles. The number of urea groups is 1. The number of carbonyl (C=O) groups is 1. The van der Waals surface area contributed by atoms with Gasteiger partial charge < -0.3 is 20.0 Å². The maximum atomic E-state index is 12.2. The second-order valence-corrected chi connectivity index (χ2v) is 7.62. The summed E-state index contributed by atoms with van der Waals surface area (Å²) in [6.07, 6.45) is 2.45. The Morgan fingerprint density at radius 3 is 2.65 bits per heavy atom. The first-order valence-electron chi connectivity index (χ1n) is 8.38. The van der Waals surface area contributed by atoms with E-state index in [4.69, 9.17) is 0 Å². The first-order valence-corrected chi connectivity index (χ1v) is 9.26. The average molecular weight is 339 g/mol. The van der Waals surface area contributed by atoms with E-state index >= 15 is 0 Å². The summed E-state index contributed by atoms with van der Waals surface area (Å²) in [5.41, 5.74) is 1.25. The van der Waals surface area contributed by atoms with Gasteiger partial charge in [0.05, 0.1) is 6.54 Å². The van der Waals surface area contributed by atoms with Crippen molar-refractivity contribution in [3.63, 3.8) is 0 Å². The van der Waals surface area contributed by atoms with Crippen LogP contribution in [0, 0.1) is 6.92 Å². The van der Waals surface area contributed by atoms with Gasteiger partial charge in [-0.3, -0.25) is 0 Å².